The van der Waals surface area contributed by atoms with E-state index < -0.39 is 12.7 Å². The predicted octanol–water partition coefficient (Wildman–Crippen LogP) is 3.63. The van der Waals surface area contributed by atoms with E-state index in [4.69, 9.17) is 5.73 Å². The highest BCUT2D eigenvalue weighted by molar-refractivity contribution is 9.10. The molecule has 0 aliphatic heterocycles. The lowest BCUT2D eigenvalue weighted by Crippen LogP contribution is -2.13. The smallest absolute Gasteiger partial charge is 0.387 e. The van der Waals surface area contributed by atoms with Gasteiger partial charge in [-0.25, -0.2) is 0 Å². The molecular formula is C11H12BrF2NO. The molecule has 0 saturated carbocycles. The third-order valence-electron chi connectivity index (χ3n) is 2.02. The van der Waals surface area contributed by atoms with Crippen LogP contribution in [-0.2, 0) is 0 Å². The maximum atomic E-state index is 12.2. The first-order valence-corrected chi connectivity index (χ1v) is 5.45. The standard InChI is InChI=1S/C11H12BrF2NO/c1-2-4-8(15)10-7(12)5-3-6-9(10)16-11(13)14/h2-3,5-6,8,11H,1,4,15H2. The molecule has 1 atom stereocenters. The van der Waals surface area contributed by atoms with Gasteiger partial charge in [0.05, 0.1) is 0 Å². The van der Waals surface area contributed by atoms with Crippen molar-refractivity contribution in [3.8, 4) is 5.75 Å². The molecule has 2 nitrogen and oxygen atoms in total. The first kappa shape index (κ1) is 13.1. The van der Waals surface area contributed by atoms with Gasteiger partial charge < -0.3 is 10.5 Å². The molecule has 16 heavy (non-hydrogen) atoms. The minimum absolute atomic E-state index is 0.0960. The number of rotatable bonds is 5. The minimum atomic E-state index is -2.86. The highest BCUT2D eigenvalue weighted by Gasteiger charge is 2.17. The topological polar surface area (TPSA) is 35.2 Å². The second-order valence-corrected chi connectivity index (χ2v) is 4.02. The van der Waals surface area contributed by atoms with Crippen LogP contribution < -0.4 is 10.5 Å². The summed E-state index contributed by atoms with van der Waals surface area (Å²) in [6, 6.07) is 4.40. The van der Waals surface area contributed by atoms with Crippen molar-refractivity contribution < 1.29 is 13.5 Å². The molecule has 0 heterocycles. The van der Waals surface area contributed by atoms with Gasteiger partial charge in [0.2, 0.25) is 0 Å². The van der Waals surface area contributed by atoms with Crippen molar-refractivity contribution in [2.45, 2.75) is 19.1 Å². The lowest BCUT2D eigenvalue weighted by Gasteiger charge is -2.17. The fourth-order valence-electron chi connectivity index (χ4n) is 1.37. The van der Waals surface area contributed by atoms with Crippen molar-refractivity contribution in [2.24, 2.45) is 5.73 Å². The van der Waals surface area contributed by atoms with Gasteiger partial charge in [0.15, 0.2) is 0 Å². The number of ether oxygens (including phenoxy) is 1. The molecule has 2 N–H and O–H groups in total. The van der Waals surface area contributed by atoms with Crippen molar-refractivity contribution in [2.75, 3.05) is 0 Å². The van der Waals surface area contributed by atoms with Crippen LogP contribution in [0.25, 0.3) is 0 Å². The van der Waals surface area contributed by atoms with Crippen LogP contribution in [-0.4, -0.2) is 6.61 Å². The zero-order valence-electron chi connectivity index (χ0n) is 8.50. The molecule has 1 unspecified atom stereocenters. The maximum absolute atomic E-state index is 12.2. The average molecular weight is 292 g/mol. The summed E-state index contributed by atoms with van der Waals surface area (Å²) in [5.41, 5.74) is 6.39. The van der Waals surface area contributed by atoms with Crippen molar-refractivity contribution >= 4 is 15.9 Å². The van der Waals surface area contributed by atoms with E-state index in [1.54, 1.807) is 18.2 Å². The number of alkyl halides is 2. The predicted molar refractivity (Wildman–Crippen MR) is 62.5 cm³/mol. The molecule has 0 spiro atoms. The van der Waals surface area contributed by atoms with Crippen LogP contribution in [0, 0.1) is 0 Å². The molecule has 0 aliphatic rings. The Hall–Kier alpha value is -0.940. The summed E-state index contributed by atoms with van der Waals surface area (Å²) in [6.45, 7) is 0.705. The summed E-state index contributed by atoms with van der Waals surface area (Å²) in [5.74, 6) is 0.0960. The Labute approximate surface area is 101 Å². The van der Waals surface area contributed by atoms with Crippen LogP contribution >= 0.6 is 15.9 Å². The highest BCUT2D eigenvalue weighted by atomic mass is 79.9. The highest BCUT2D eigenvalue weighted by Crippen LogP contribution is 2.33. The van der Waals surface area contributed by atoms with E-state index in [0.29, 0.717) is 16.5 Å². The SMILES string of the molecule is C=CCC(N)c1c(Br)cccc1OC(F)F. The van der Waals surface area contributed by atoms with Gasteiger partial charge in [0, 0.05) is 16.1 Å². The summed E-state index contributed by atoms with van der Waals surface area (Å²) in [4.78, 5) is 0. The molecule has 0 amide bonds. The molecule has 1 aromatic carbocycles. The first-order valence-electron chi connectivity index (χ1n) is 4.66. The molecule has 0 saturated heterocycles. The molecule has 0 aliphatic carbocycles. The molecule has 0 bridgehead atoms. The Morgan fingerprint density at radius 2 is 2.19 bits per heavy atom. The Kier molecular flexibility index (Phi) is 4.89. The molecule has 1 aromatic rings. The van der Waals surface area contributed by atoms with Gasteiger partial charge in [0.25, 0.3) is 0 Å². The quantitative estimate of drug-likeness (QED) is 0.841. The van der Waals surface area contributed by atoms with E-state index in [1.807, 2.05) is 0 Å². The Morgan fingerprint density at radius 3 is 2.75 bits per heavy atom. The van der Waals surface area contributed by atoms with Gasteiger partial charge in [-0.05, 0) is 18.6 Å². The Bertz CT molecular complexity index is 371. The lowest BCUT2D eigenvalue weighted by atomic mass is 10.0. The summed E-state index contributed by atoms with van der Waals surface area (Å²) in [7, 11) is 0. The maximum Gasteiger partial charge on any atom is 0.387 e. The van der Waals surface area contributed by atoms with Crippen LogP contribution in [0.4, 0.5) is 8.78 Å². The molecular weight excluding hydrogens is 280 g/mol. The van der Waals surface area contributed by atoms with E-state index in [9.17, 15) is 8.78 Å². The van der Waals surface area contributed by atoms with Crippen LogP contribution in [0.5, 0.6) is 5.75 Å². The summed E-state index contributed by atoms with van der Waals surface area (Å²) in [5, 5.41) is 0. The van der Waals surface area contributed by atoms with Gasteiger partial charge in [-0.3, -0.25) is 0 Å². The van der Waals surface area contributed by atoms with E-state index in [1.165, 1.54) is 6.07 Å². The molecule has 1 rings (SSSR count). The zero-order valence-corrected chi connectivity index (χ0v) is 10.1. The van der Waals surface area contributed by atoms with E-state index in [2.05, 4.69) is 27.2 Å². The van der Waals surface area contributed by atoms with E-state index in [0.717, 1.165) is 0 Å². The molecule has 0 fully saturated rings. The minimum Gasteiger partial charge on any atom is -0.434 e. The van der Waals surface area contributed by atoms with Gasteiger partial charge in [-0.2, -0.15) is 8.78 Å². The average Bonchev–Trinajstić information content (AvgIpc) is 2.16. The van der Waals surface area contributed by atoms with E-state index in [-0.39, 0.29) is 5.75 Å². The largest absolute Gasteiger partial charge is 0.434 e. The third kappa shape index (κ3) is 3.28. The number of nitrogens with two attached hydrogens (primary N) is 1. The normalized spacial score (nSPS) is 12.6. The van der Waals surface area contributed by atoms with Crippen LogP contribution in [0.2, 0.25) is 0 Å². The number of hydrogen-bond acceptors (Lipinski definition) is 2. The van der Waals surface area contributed by atoms with Crippen molar-refractivity contribution in [1.29, 1.82) is 0 Å². The Balaban J connectivity index is 3.07. The molecule has 0 aromatic heterocycles. The number of benzene rings is 1. The zero-order chi connectivity index (χ0) is 12.1. The third-order valence-corrected chi connectivity index (χ3v) is 2.71. The second-order valence-electron chi connectivity index (χ2n) is 3.16. The monoisotopic (exact) mass is 291 g/mol. The first-order chi connectivity index (χ1) is 7.56. The second kappa shape index (κ2) is 5.96. The molecule has 88 valence electrons. The lowest BCUT2D eigenvalue weighted by molar-refractivity contribution is -0.0506. The van der Waals surface area contributed by atoms with E-state index >= 15 is 0 Å². The summed E-state index contributed by atoms with van der Waals surface area (Å²) >= 11 is 3.27. The Morgan fingerprint density at radius 1 is 1.50 bits per heavy atom. The van der Waals surface area contributed by atoms with Gasteiger partial charge in [-0.15, -0.1) is 6.58 Å². The van der Waals surface area contributed by atoms with Crippen LogP contribution in [0.15, 0.2) is 35.3 Å². The molecule has 0 radical (unpaired) electrons. The van der Waals surface area contributed by atoms with Crippen LogP contribution in [0.1, 0.15) is 18.0 Å². The fraction of sp³-hybridized carbons (Fsp3) is 0.273. The van der Waals surface area contributed by atoms with Crippen molar-refractivity contribution in [3.05, 3.63) is 40.9 Å². The molecule has 5 heteroatoms. The summed E-state index contributed by atoms with van der Waals surface area (Å²) in [6.07, 6.45) is 2.12. The fourth-order valence-corrected chi connectivity index (χ4v) is 2.02. The van der Waals surface area contributed by atoms with Gasteiger partial charge >= 0.3 is 6.61 Å². The number of hydrogen-bond donors (Lipinski definition) is 1. The van der Waals surface area contributed by atoms with Gasteiger partial charge in [0.1, 0.15) is 5.75 Å². The van der Waals surface area contributed by atoms with Crippen molar-refractivity contribution in [1.82, 2.24) is 0 Å². The van der Waals surface area contributed by atoms with Crippen LogP contribution in [0.3, 0.4) is 0 Å². The van der Waals surface area contributed by atoms with Gasteiger partial charge in [-0.1, -0.05) is 28.1 Å². The summed E-state index contributed by atoms with van der Waals surface area (Å²) < 4.78 is 29.4. The van der Waals surface area contributed by atoms with Crippen molar-refractivity contribution in [3.63, 3.8) is 0 Å². The number of halogens is 3.